The molecule has 0 aliphatic carbocycles. The van der Waals surface area contributed by atoms with E-state index in [0.29, 0.717) is 6.42 Å². The summed E-state index contributed by atoms with van der Waals surface area (Å²) in [5.41, 5.74) is 0. The third kappa shape index (κ3) is 11.8. The van der Waals surface area contributed by atoms with Crippen LogP contribution < -0.4 is 10.6 Å². The van der Waals surface area contributed by atoms with Gasteiger partial charge in [-0.1, -0.05) is 12.8 Å². The molecule has 0 aromatic carbocycles. The Kier molecular flexibility index (Phi) is 13.0. The number of aliphatic imine (C=N–C) groups is 1. The average Bonchev–Trinajstić information content (AvgIpc) is 3.13. The first-order valence-corrected chi connectivity index (χ1v) is 9.54. The highest BCUT2D eigenvalue weighted by Gasteiger charge is 2.15. The second-order valence-electron chi connectivity index (χ2n) is 6.14. The highest BCUT2D eigenvalue weighted by molar-refractivity contribution is 5.79. The normalized spacial score (nSPS) is 17.5. The molecule has 7 nitrogen and oxygen atoms in total. The van der Waals surface area contributed by atoms with Crippen LogP contribution in [0.4, 0.5) is 0 Å². The number of carbonyl (C=O) groups excluding carboxylic acids is 1. The Bertz CT molecular complexity index is 371. The third-order valence-electron chi connectivity index (χ3n) is 3.99. The smallest absolute Gasteiger partial charge is 0.305 e. The van der Waals surface area contributed by atoms with Crippen LogP contribution in [0, 0.1) is 0 Å². The highest BCUT2D eigenvalue weighted by Crippen LogP contribution is 2.08. The number of hydrogen-bond donors (Lipinski definition) is 2. The number of guanidine groups is 1. The molecule has 0 saturated carbocycles. The molecule has 1 atom stereocenters. The fraction of sp³-hybridized carbons (Fsp3) is 0.889. The lowest BCUT2D eigenvalue weighted by atomic mass is 10.1. The summed E-state index contributed by atoms with van der Waals surface area (Å²) in [4.78, 5) is 15.6. The Morgan fingerprint density at radius 3 is 2.76 bits per heavy atom. The molecule has 1 rings (SSSR count). The minimum absolute atomic E-state index is 0.121. The average molecular weight is 357 g/mol. The fourth-order valence-electron chi connectivity index (χ4n) is 2.55. The molecule has 0 radical (unpaired) electrons. The Balaban J connectivity index is 2.02. The van der Waals surface area contributed by atoms with Gasteiger partial charge in [0.05, 0.1) is 19.8 Å². The van der Waals surface area contributed by atoms with Crippen molar-refractivity contribution in [3.05, 3.63) is 0 Å². The van der Waals surface area contributed by atoms with Gasteiger partial charge in [-0.15, -0.1) is 0 Å². The van der Waals surface area contributed by atoms with Gasteiger partial charge in [-0.05, 0) is 32.6 Å². The van der Waals surface area contributed by atoms with E-state index in [1.165, 1.54) is 7.11 Å². The zero-order valence-corrected chi connectivity index (χ0v) is 15.8. The number of hydrogen-bond acceptors (Lipinski definition) is 5. The van der Waals surface area contributed by atoms with Gasteiger partial charge >= 0.3 is 5.97 Å². The standard InChI is InChI=1S/C18H35N3O4/c1-3-19-18(20-11-7-5-4-6-9-17(22)23-2)21-12-8-13-25-16-10-14-24-15-16/h16H,3-15H2,1-2H3,(H2,19,20,21). The van der Waals surface area contributed by atoms with Crippen LogP contribution in [0.15, 0.2) is 4.99 Å². The molecule has 1 unspecified atom stereocenters. The summed E-state index contributed by atoms with van der Waals surface area (Å²) in [6, 6.07) is 0. The lowest BCUT2D eigenvalue weighted by molar-refractivity contribution is -0.140. The van der Waals surface area contributed by atoms with Crippen molar-refractivity contribution >= 4 is 11.9 Å². The fourth-order valence-corrected chi connectivity index (χ4v) is 2.55. The van der Waals surface area contributed by atoms with E-state index in [2.05, 4.69) is 27.3 Å². The van der Waals surface area contributed by atoms with Gasteiger partial charge in [-0.2, -0.15) is 0 Å². The summed E-state index contributed by atoms with van der Waals surface area (Å²) >= 11 is 0. The molecule has 1 aliphatic rings. The van der Waals surface area contributed by atoms with Crippen LogP contribution in [0.5, 0.6) is 0 Å². The van der Waals surface area contributed by atoms with Crippen molar-refractivity contribution in [2.24, 2.45) is 4.99 Å². The zero-order chi connectivity index (χ0) is 18.2. The Morgan fingerprint density at radius 1 is 1.20 bits per heavy atom. The van der Waals surface area contributed by atoms with Gasteiger partial charge in [0.1, 0.15) is 0 Å². The van der Waals surface area contributed by atoms with Gasteiger partial charge in [0, 0.05) is 39.3 Å². The van der Waals surface area contributed by atoms with E-state index in [4.69, 9.17) is 9.47 Å². The number of nitrogens with one attached hydrogen (secondary N) is 2. The first kappa shape index (κ1) is 21.7. The van der Waals surface area contributed by atoms with Crippen LogP contribution in [0.2, 0.25) is 0 Å². The van der Waals surface area contributed by atoms with Crippen molar-refractivity contribution in [1.82, 2.24) is 10.6 Å². The maximum atomic E-state index is 11.0. The molecule has 1 heterocycles. The SMILES string of the molecule is CCNC(=NCCCOC1CCOC1)NCCCCCCC(=O)OC. The summed E-state index contributed by atoms with van der Waals surface area (Å²) in [5.74, 6) is 0.741. The highest BCUT2D eigenvalue weighted by atomic mass is 16.5. The predicted octanol–water partition coefficient (Wildman–Crippen LogP) is 1.86. The van der Waals surface area contributed by atoms with Crippen molar-refractivity contribution in [2.75, 3.05) is 46.6 Å². The van der Waals surface area contributed by atoms with E-state index in [-0.39, 0.29) is 12.1 Å². The van der Waals surface area contributed by atoms with Gasteiger partial charge in [0.25, 0.3) is 0 Å². The van der Waals surface area contributed by atoms with Crippen LogP contribution in [-0.2, 0) is 19.0 Å². The molecular weight excluding hydrogens is 322 g/mol. The van der Waals surface area contributed by atoms with Gasteiger partial charge in [-0.3, -0.25) is 9.79 Å². The van der Waals surface area contributed by atoms with E-state index >= 15 is 0 Å². The molecule has 1 aliphatic heterocycles. The number of rotatable bonds is 13. The maximum absolute atomic E-state index is 11.0. The molecular formula is C18H35N3O4. The molecule has 0 spiro atoms. The zero-order valence-electron chi connectivity index (χ0n) is 15.8. The van der Waals surface area contributed by atoms with Gasteiger partial charge < -0.3 is 24.8 Å². The molecule has 25 heavy (non-hydrogen) atoms. The van der Waals surface area contributed by atoms with Crippen LogP contribution in [0.3, 0.4) is 0 Å². The molecule has 1 fully saturated rings. The summed E-state index contributed by atoms with van der Waals surface area (Å²) in [6.45, 7) is 6.83. The van der Waals surface area contributed by atoms with Crippen molar-refractivity contribution in [1.29, 1.82) is 0 Å². The first-order chi connectivity index (χ1) is 12.3. The number of nitrogens with zero attached hydrogens (tertiary/aromatic N) is 1. The van der Waals surface area contributed by atoms with E-state index in [9.17, 15) is 4.79 Å². The third-order valence-corrected chi connectivity index (χ3v) is 3.99. The number of esters is 1. The Morgan fingerprint density at radius 2 is 2.04 bits per heavy atom. The topological polar surface area (TPSA) is 81.2 Å². The van der Waals surface area contributed by atoms with Crippen LogP contribution in [0.1, 0.15) is 51.9 Å². The molecule has 0 aromatic heterocycles. The molecule has 2 N–H and O–H groups in total. The summed E-state index contributed by atoms with van der Waals surface area (Å²) in [7, 11) is 1.43. The van der Waals surface area contributed by atoms with Gasteiger partial charge in [-0.25, -0.2) is 0 Å². The monoisotopic (exact) mass is 357 g/mol. The first-order valence-electron chi connectivity index (χ1n) is 9.54. The van der Waals surface area contributed by atoms with Gasteiger partial charge in [0.15, 0.2) is 5.96 Å². The van der Waals surface area contributed by atoms with Crippen molar-refractivity contribution in [3.8, 4) is 0 Å². The van der Waals surface area contributed by atoms with Crippen LogP contribution >= 0.6 is 0 Å². The maximum Gasteiger partial charge on any atom is 0.305 e. The second-order valence-corrected chi connectivity index (χ2v) is 6.14. The van der Waals surface area contributed by atoms with Crippen molar-refractivity contribution < 1.29 is 19.0 Å². The van der Waals surface area contributed by atoms with Crippen molar-refractivity contribution in [2.45, 2.75) is 58.0 Å². The molecule has 0 aromatic rings. The molecule has 7 heteroatoms. The van der Waals surface area contributed by atoms with E-state index in [1.54, 1.807) is 0 Å². The summed E-state index contributed by atoms with van der Waals surface area (Å²) in [6.07, 6.45) is 6.82. The summed E-state index contributed by atoms with van der Waals surface area (Å²) in [5, 5.41) is 6.61. The lowest BCUT2D eigenvalue weighted by Gasteiger charge is -2.12. The van der Waals surface area contributed by atoms with E-state index < -0.39 is 0 Å². The molecule has 0 bridgehead atoms. The largest absolute Gasteiger partial charge is 0.469 e. The van der Waals surface area contributed by atoms with Crippen molar-refractivity contribution in [3.63, 3.8) is 0 Å². The Hall–Kier alpha value is -1.34. The van der Waals surface area contributed by atoms with Gasteiger partial charge in [0.2, 0.25) is 0 Å². The molecule has 0 amide bonds. The van der Waals surface area contributed by atoms with Crippen LogP contribution in [-0.4, -0.2) is 64.6 Å². The number of ether oxygens (including phenoxy) is 3. The molecule has 1 saturated heterocycles. The minimum atomic E-state index is -0.121. The second kappa shape index (κ2) is 15.0. The minimum Gasteiger partial charge on any atom is -0.469 e. The number of methoxy groups -OCH3 is 1. The molecule has 146 valence electrons. The lowest BCUT2D eigenvalue weighted by Crippen LogP contribution is -2.37. The quantitative estimate of drug-likeness (QED) is 0.227. The van der Waals surface area contributed by atoms with E-state index in [0.717, 1.165) is 83.9 Å². The Labute approximate surface area is 151 Å². The number of unbranched alkanes of at least 4 members (excludes halogenated alkanes) is 3. The van der Waals surface area contributed by atoms with E-state index in [1.807, 2.05) is 0 Å². The van der Waals surface area contributed by atoms with Crippen LogP contribution in [0.25, 0.3) is 0 Å². The predicted molar refractivity (Wildman–Crippen MR) is 98.9 cm³/mol. The summed E-state index contributed by atoms with van der Waals surface area (Å²) < 4.78 is 15.7. The number of carbonyl (C=O) groups is 1.